The van der Waals surface area contributed by atoms with Crippen molar-refractivity contribution in [3.05, 3.63) is 53.7 Å². The summed E-state index contributed by atoms with van der Waals surface area (Å²) in [6.45, 7) is 5.04. The van der Waals surface area contributed by atoms with Gasteiger partial charge in [0.2, 0.25) is 0 Å². The molecular formula is C19H20N2O. The monoisotopic (exact) mass is 292 g/mol. The highest BCUT2D eigenvalue weighted by Gasteiger charge is 2.39. The number of benzene rings is 1. The lowest BCUT2D eigenvalue weighted by Crippen LogP contribution is -2.47. The van der Waals surface area contributed by atoms with E-state index in [2.05, 4.69) is 47.1 Å². The molecule has 0 bridgehead atoms. The first-order chi connectivity index (χ1) is 10.7. The number of Topliss-reactive ketones (excluding diaryl/α,β-unsaturated/α-hetero) is 1. The van der Waals surface area contributed by atoms with Crippen LogP contribution in [-0.2, 0) is 4.79 Å². The van der Waals surface area contributed by atoms with E-state index in [1.165, 1.54) is 16.7 Å². The second-order valence-electron chi connectivity index (χ2n) is 6.55. The summed E-state index contributed by atoms with van der Waals surface area (Å²) in [4.78, 5) is 19.1. The molecule has 4 rings (SSSR count). The van der Waals surface area contributed by atoms with Crippen LogP contribution in [0.3, 0.4) is 0 Å². The van der Waals surface area contributed by atoms with Crippen LogP contribution in [0.4, 0.5) is 0 Å². The minimum Gasteiger partial charge on any atom is -0.299 e. The number of carbonyl (C=O) groups excluding carboxylic acids is 1. The largest absolute Gasteiger partial charge is 0.299 e. The third kappa shape index (κ3) is 1.92. The lowest BCUT2D eigenvalue weighted by Gasteiger charge is -2.40. The summed E-state index contributed by atoms with van der Waals surface area (Å²) in [7, 11) is 0. The summed E-state index contributed by atoms with van der Waals surface area (Å²) in [6, 6.07) is 13.2. The van der Waals surface area contributed by atoms with Gasteiger partial charge in [0.15, 0.2) is 0 Å². The molecule has 112 valence electrons. The van der Waals surface area contributed by atoms with Gasteiger partial charge in [-0.25, -0.2) is 0 Å². The fourth-order valence-corrected chi connectivity index (χ4v) is 3.91. The maximum absolute atomic E-state index is 12.0. The highest BCUT2D eigenvalue weighted by Crippen LogP contribution is 2.46. The first-order valence-electron chi connectivity index (χ1n) is 7.99. The van der Waals surface area contributed by atoms with E-state index in [1.807, 2.05) is 19.2 Å². The number of nitrogens with zero attached hydrogens (tertiary/aromatic N) is 2. The molecule has 2 heterocycles. The Bertz CT molecular complexity index is 694. The van der Waals surface area contributed by atoms with Gasteiger partial charge in [-0.3, -0.25) is 14.7 Å². The van der Waals surface area contributed by atoms with Crippen molar-refractivity contribution in [1.29, 1.82) is 0 Å². The maximum Gasteiger partial charge on any atom is 0.138 e. The lowest BCUT2D eigenvalue weighted by atomic mass is 9.90. The fraction of sp³-hybridized carbons (Fsp3) is 0.368. The van der Waals surface area contributed by atoms with E-state index in [9.17, 15) is 4.79 Å². The second kappa shape index (κ2) is 5.03. The molecule has 3 unspecified atom stereocenters. The van der Waals surface area contributed by atoms with Gasteiger partial charge in [-0.05, 0) is 18.6 Å². The zero-order valence-electron chi connectivity index (χ0n) is 13.0. The van der Waals surface area contributed by atoms with Gasteiger partial charge in [0.05, 0.1) is 11.7 Å². The molecule has 1 aromatic heterocycles. The van der Waals surface area contributed by atoms with Crippen molar-refractivity contribution in [2.45, 2.75) is 32.4 Å². The summed E-state index contributed by atoms with van der Waals surface area (Å²) in [5.74, 6) is 0.505. The Morgan fingerprint density at radius 2 is 1.86 bits per heavy atom. The Hall–Kier alpha value is -2.00. The van der Waals surface area contributed by atoms with Crippen LogP contribution < -0.4 is 0 Å². The van der Waals surface area contributed by atoms with Crippen LogP contribution in [0.5, 0.6) is 0 Å². The summed E-state index contributed by atoms with van der Waals surface area (Å²) in [5.41, 5.74) is 4.93. The van der Waals surface area contributed by atoms with E-state index < -0.39 is 0 Å². The molecule has 0 N–H and O–H groups in total. The predicted octanol–water partition coefficient (Wildman–Crippen LogP) is 3.45. The van der Waals surface area contributed by atoms with Crippen molar-refractivity contribution in [1.82, 2.24) is 9.88 Å². The summed E-state index contributed by atoms with van der Waals surface area (Å²) in [5, 5.41) is 0. The lowest BCUT2D eigenvalue weighted by molar-refractivity contribution is -0.127. The van der Waals surface area contributed by atoms with Gasteiger partial charge < -0.3 is 0 Å². The van der Waals surface area contributed by atoms with Gasteiger partial charge in [-0.1, -0.05) is 37.3 Å². The van der Waals surface area contributed by atoms with Crippen LogP contribution in [0.2, 0.25) is 0 Å². The van der Waals surface area contributed by atoms with Crippen LogP contribution in [0, 0.1) is 5.92 Å². The standard InChI is InChI=1S/C19H20N2O/c1-12-11-21(13(2)10-17(12)22)19-15-7-4-3-6-14(15)18-16(19)8-5-9-20-18/h3-9,12-13,19H,10-11H2,1-2H3. The first kappa shape index (κ1) is 13.6. The smallest absolute Gasteiger partial charge is 0.138 e. The highest BCUT2D eigenvalue weighted by atomic mass is 16.1. The summed E-state index contributed by atoms with van der Waals surface area (Å²) >= 11 is 0. The van der Waals surface area contributed by atoms with Crippen LogP contribution >= 0.6 is 0 Å². The van der Waals surface area contributed by atoms with Crippen molar-refractivity contribution < 1.29 is 4.79 Å². The molecule has 0 radical (unpaired) electrons. The number of rotatable bonds is 1. The molecule has 22 heavy (non-hydrogen) atoms. The molecule has 0 saturated carbocycles. The number of fused-ring (bicyclic) bond motifs is 3. The number of likely N-dealkylation sites (tertiary alicyclic amines) is 1. The topological polar surface area (TPSA) is 33.2 Å². The normalized spacial score (nSPS) is 27.5. The van der Waals surface area contributed by atoms with Crippen molar-refractivity contribution in [2.24, 2.45) is 5.92 Å². The number of carbonyl (C=O) groups is 1. The molecule has 1 fully saturated rings. The zero-order chi connectivity index (χ0) is 15.3. The van der Waals surface area contributed by atoms with Crippen LogP contribution in [0.1, 0.15) is 37.4 Å². The molecule has 1 saturated heterocycles. The average molecular weight is 292 g/mol. The zero-order valence-corrected chi connectivity index (χ0v) is 13.0. The van der Waals surface area contributed by atoms with E-state index in [0.717, 1.165) is 12.2 Å². The van der Waals surface area contributed by atoms with E-state index >= 15 is 0 Å². The van der Waals surface area contributed by atoms with E-state index in [-0.39, 0.29) is 18.0 Å². The maximum atomic E-state index is 12.0. The Balaban J connectivity index is 1.83. The summed E-state index contributed by atoms with van der Waals surface area (Å²) < 4.78 is 0. The molecule has 0 amide bonds. The van der Waals surface area contributed by atoms with Gasteiger partial charge in [0, 0.05) is 42.2 Å². The van der Waals surface area contributed by atoms with Crippen molar-refractivity contribution in [3.8, 4) is 11.3 Å². The van der Waals surface area contributed by atoms with E-state index in [0.29, 0.717) is 12.2 Å². The Morgan fingerprint density at radius 1 is 1.09 bits per heavy atom. The molecule has 1 aromatic carbocycles. The highest BCUT2D eigenvalue weighted by molar-refractivity contribution is 5.82. The third-order valence-electron chi connectivity index (χ3n) is 5.07. The number of ketones is 1. The first-order valence-corrected chi connectivity index (χ1v) is 7.99. The van der Waals surface area contributed by atoms with Crippen LogP contribution in [0.25, 0.3) is 11.3 Å². The molecule has 3 heteroatoms. The SMILES string of the molecule is CC1CN(C2c3ccccc3-c3ncccc32)C(C)CC1=O. The molecule has 0 spiro atoms. The van der Waals surface area contributed by atoms with Gasteiger partial charge in [-0.15, -0.1) is 0 Å². The quantitative estimate of drug-likeness (QED) is 0.807. The minimum atomic E-state index is 0.115. The number of aromatic nitrogens is 1. The molecule has 2 aromatic rings. The molecule has 3 atom stereocenters. The Labute approximate surface area is 131 Å². The molecule has 3 nitrogen and oxygen atoms in total. The predicted molar refractivity (Wildman–Crippen MR) is 86.5 cm³/mol. The third-order valence-corrected chi connectivity index (χ3v) is 5.07. The molecule has 1 aliphatic carbocycles. The van der Waals surface area contributed by atoms with Crippen molar-refractivity contribution >= 4 is 5.78 Å². The van der Waals surface area contributed by atoms with Crippen molar-refractivity contribution in [3.63, 3.8) is 0 Å². The fourth-order valence-electron chi connectivity index (χ4n) is 3.91. The molecule has 1 aliphatic heterocycles. The van der Waals surface area contributed by atoms with Crippen LogP contribution in [-0.4, -0.2) is 28.3 Å². The van der Waals surface area contributed by atoms with Gasteiger partial charge in [-0.2, -0.15) is 0 Å². The van der Waals surface area contributed by atoms with E-state index in [1.54, 1.807) is 0 Å². The Kier molecular flexibility index (Phi) is 3.12. The number of pyridine rings is 1. The van der Waals surface area contributed by atoms with Crippen LogP contribution in [0.15, 0.2) is 42.6 Å². The van der Waals surface area contributed by atoms with Crippen molar-refractivity contribution in [2.75, 3.05) is 6.54 Å². The molecule has 2 aliphatic rings. The average Bonchev–Trinajstić information content (AvgIpc) is 2.86. The number of hydrogen-bond donors (Lipinski definition) is 0. The van der Waals surface area contributed by atoms with Gasteiger partial charge in [0.25, 0.3) is 0 Å². The minimum absolute atomic E-state index is 0.115. The van der Waals surface area contributed by atoms with Gasteiger partial charge in [0.1, 0.15) is 5.78 Å². The summed E-state index contributed by atoms with van der Waals surface area (Å²) in [6.07, 6.45) is 2.51. The number of hydrogen-bond acceptors (Lipinski definition) is 3. The van der Waals surface area contributed by atoms with E-state index in [4.69, 9.17) is 0 Å². The molecular weight excluding hydrogens is 272 g/mol. The second-order valence-corrected chi connectivity index (χ2v) is 6.55. The number of piperidine rings is 1. The Morgan fingerprint density at radius 3 is 2.73 bits per heavy atom. The van der Waals surface area contributed by atoms with Gasteiger partial charge >= 0.3 is 0 Å².